The van der Waals surface area contributed by atoms with E-state index < -0.39 is 18.5 Å². The number of hydrogen-bond acceptors (Lipinski definition) is 7. The first-order valence-electron chi connectivity index (χ1n) is 9.57. The van der Waals surface area contributed by atoms with Crippen molar-refractivity contribution in [1.29, 1.82) is 0 Å². The van der Waals surface area contributed by atoms with E-state index >= 15 is 0 Å². The van der Waals surface area contributed by atoms with E-state index in [4.69, 9.17) is 18.9 Å². The SMILES string of the molecule is CCC(=O)c1ccc(OCC(=O)OCC(=O)N[C@@H](C)c2ccc3c(c2)OCO3)cc1. The number of amides is 1. The Bertz CT molecular complexity index is 924. The number of ketones is 1. The van der Waals surface area contributed by atoms with Gasteiger partial charge in [0.05, 0.1) is 6.04 Å². The van der Waals surface area contributed by atoms with Gasteiger partial charge in [0, 0.05) is 12.0 Å². The minimum atomic E-state index is -0.672. The summed E-state index contributed by atoms with van der Waals surface area (Å²) in [7, 11) is 0. The number of carbonyl (C=O) groups excluding carboxylic acids is 3. The molecule has 30 heavy (non-hydrogen) atoms. The molecule has 158 valence electrons. The van der Waals surface area contributed by atoms with Gasteiger partial charge in [-0.3, -0.25) is 9.59 Å². The molecule has 0 aromatic heterocycles. The highest BCUT2D eigenvalue weighted by Crippen LogP contribution is 2.34. The monoisotopic (exact) mass is 413 g/mol. The zero-order chi connectivity index (χ0) is 21.5. The van der Waals surface area contributed by atoms with Crippen molar-refractivity contribution in [2.24, 2.45) is 0 Å². The predicted molar refractivity (Wildman–Crippen MR) is 107 cm³/mol. The molecule has 0 fully saturated rings. The summed E-state index contributed by atoms with van der Waals surface area (Å²) in [5.74, 6) is 0.648. The standard InChI is InChI=1S/C22H23NO7/c1-3-18(24)15-4-7-17(8-5-15)27-12-22(26)28-11-21(25)23-14(2)16-6-9-19-20(10-16)30-13-29-19/h4-10,14H,3,11-13H2,1-2H3,(H,23,25)/t14-/m0/s1. The van der Waals surface area contributed by atoms with Crippen LogP contribution < -0.4 is 19.5 Å². The second-order valence-corrected chi connectivity index (χ2v) is 6.65. The van der Waals surface area contributed by atoms with Crippen LogP contribution in [0.5, 0.6) is 17.2 Å². The molecule has 8 heteroatoms. The number of fused-ring (bicyclic) bond motifs is 1. The number of Topliss-reactive ketones (excluding diaryl/α,β-unsaturated/α-hetero) is 1. The molecule has 1 heterocycles. The minimum absolute atomic E-state index is 0.0296. The van der Waals surface area contributed by atoms with Crippen LogP contribution in [0.1, 0.15) is 42.2 Å². The molecule has 3 rings (SSSR count). The molecule has 0 spiro atoms. The van der Waals surface area contributed by atoms with E-state index in [1.54, 1.807) is 43.3 Å². The van der Waals surface area contributed by atoms with Gasteiger partial charge in [-0.2, -0.15) is 0 Å². The van der Waals surface area contributed by atoms with Crippen molar-refractivity contribution in [2.75, 3.05) is 20.0 Å². The lowest BCUT2D eigenvalue weighted by molar-refractivity contribution is -0.150. The van der Waals surface area contributed by atoms with E-state index in [0.717, 1.165) is 5.56 Å². The summed E-state index contributed by atoms with van der Waals surface area (Å²) < 4.78 is 20.8. The van der Waals surface area contributed by atoms with Crippen LogP contribution in [0.3, 0.4) is 0 Å². The van der Waals surface area contributed by atoms with E-state index in [-0.39, 0.29) is 25.2 Å². The van der Waals surface area contributed by atoms with Gasteiger partial charge in [0.1, 0.15) is 5.75 Å². The van der Waals surface area contributed by atoms with E-state index in [1.807, 2.05) is 13.0 Å². The highest BCUT2D eigenvalue weighted by molar-refractivity contribution is 5.95. The summed E-state index contributed by atoms with van der Waals surface area (Å²) in [4.78, 5) is 35.5. The highest BCUT2D eigenvalue weighted by Gasteiger charge is 2.17. The molecule has 1 N–H and O–H groups in total. The molecule has 1 amide bonds. The maximum absolute atomic E-state index is 12.1. The zero-order valence-corrected chi connectivity index (χ0v) is 16.8. The number of esters is 1. The highest BCUT2D eigenvalue weighted by atomic mass is 16.7. The molecule has 2 aromatic rings. The van der Waals surface area contributed by atoms with Gasteiger partial charge in [-0.1, -0.05) is 13.0 Å². The fraction of sp³-hybridized carbons (Fsp3) is 0.318. The molecule has 1 atom stereocenters. The quantitative estimate of drug-likeness (QED) is 0.498. The first kappa shape index (κ1) is 21.2. The van der Waals surface area contributed by atoms with Gasteiger partial charge in [0.25, 0.3) is 5.91 Å². The molecule has 0 unspecified atom stereocenters. The van der Waals surface area contributed by atoms with Crippen molar-refractivity contribution in [1.82, 2.24) is 5.32 Å². The van der Waals surface area contributed by atoms with Crippen molar-refractivity contribution in [3.05, 3.63) is 53.6 Å². The Morgan fingerprint density at radius 2 is 1.77 bits per heavy atom. The molecule has 0 aliphatic carbocycles. The summed E-state index contributed by atoms with van der Waals surface area (Å²) in [6, 6.07) is 11.6. The van der Waals surface area contributed by atoms with Crippen LogP contribution in [-0.2, 0) is 14.3 Å². The van der Waals surface area contributed by atoms with Gasteiger partial charge >= 0.3 is 5.97 Å². The molecular formula is C22H23NO7. The van der Waals surface area contributed by atoms with Crippen molar-refractivity contribution in [3.8, 4) is 17.2 Å². The molecule has 0 saturated heterocycles. The van der Waals surface area contributed by atoms with Gasteiger partial charge < -0.3 is 24.3 Å². The molecule has 0 saturated carbocycles. The molecule has 8 nitrogen and oxygen atoms in total. The maximum Gasteiger partial charge on any atom is 0.344 e. The van der Waals surface area contributed by atoms with Crippen molar-refractivity contribution in [3.63, 3.8) is 0 Å². The third-order valence-corrected chi connectivity index (χ3v) is 4.49. The third-order valence-electron chi connectivity index (χ3n) is 4.49. The summed E-state index contributed by atoms with van der Waals surface area (Å²) in [6.45, 7) is 3.02. The van der Waals surface area contributed by atoms with Crippen LogP contribution in [0.15, 0.2) is 42.5 Å². The number of benzene rings is 2. The van der Waals surface area contributed by atoms with Gasteiger partial charge in [0.2, 0.25) is 6.79 Å². The predicted octanol–water partition coefficient (Wildman–Crippen LogP) is 2.81. The van der Waals surface area contributed by atoms with E-state index in [0.29, 0.717) is 29.2 Å². The summed E-state index contributed by atoms with van der Waals surface area (Å²) in [5, 5.41) is 2.75. The summed E-state index contributed by atoms with van der Waals surface area (Å²) in [6.07, 6.45) is 0.419. The summed E-state index contributed by atoms with van der Waals surface area (Å²) in [5.41, 5.74) is 1.42. The first-order chi connectivity index (χ1) is 14.5. The molecule has 2 aromatic carbocycles. The van der Waals surface area contributed by atoms with Gasteiger partial charge in [-0.25, -0.2) is 4.79 Å². The zero-order valence-electron chi connectivity index (χ0n) is 16.8. The number of carbonyl (C=O) groups is 3. The van der Waals surface area contributed by atoms with E-state index in [1.165, 1.54) is 0 Å². The van der Waals surface area contributed by atoms with Crippen molar-refractivity contribution in [2.45, 2.75) is 26.3 Å². The Kier molecular flexibility index (Phi) is 6.90. The summed E-state index contributed by atoms with van der Waals surface area (Å²) >= 11 is 0. The Morgan fingerprint density at radius 1 is 1.03 bits per heavy atom. The lowest BCUT2D eigenvalue weighted by atomic mass is 10.1. The van der Waals surface area contributed by atoms with E-state index in [9.17, 15) is 14.4 Å². The van der Waals surface area contributed by atoms with Crippen LogP contribution >= 0.6 is 0 Å². The minimum Gasteiger partial charge on any atom is -0.482 e. The van der Waals surface area contributed by atoms with Crippen LogP contribution in [0.2, 0.25) is 0 Å². The topological polar surface area (TPSA) is 100 Å². The second kappa shape index (κ2) is 9.78. The Labute approximate surface area is 174 Å². The smallest absolute Gasteiger partial charge is 0.344 e. The van der Waals surface area contributed by atoms with E-state index in [2.05, 4.69) is 5.32 Å². The Morgan fingerprint density at radius 3 is 2.50 bits per heavy atom. The second-order valence-electron chi connectivity index (χ2n) is 6.65. The number of hydrogen-bond donors (Lipinski definition) is 1. The third kappa shape index (κ3) is 5.50. The van der Waals surface area contributed by atoms with Crippen molar-refractivity contribution >= 4 is 17.7 Å². The van der Waals surface area contributed by atoms with Crippen molar-refractivity contribution < 1.29 is 33.3 Å². The lowest BCUT2D eigenvalue weighted by Gasteiger charge is -2.15. The Hall–Kier alpha value is -3.55. The number of ether oxygens (including phenoxy) is 4. The fourth-order valence-corrected chi connectivity index (χ4v) is 2.82. The lowest BCUT2D eigenvalue weighted by Crippen LogP contribution is -2.31. The van der Waals surface area contributed by atoms with Crippen LogP contribution in [0, 0.1) is 0 Å². The molecule has 1 aliphatic heterocycles. The largest absolute Gasteiger partial charge is 0.482 e. The van der Waals surface area contributed by atoms with Crippen LogP contribution in [-0.4, -0.2) is 37.7 Å². The van der Waals surface area contributed by atoms with Gasteiger partial charge in [0.15, 0.2) is 30.5 Å². The van der Waals surface area contributed by atoms with Gasteiger partial charge in [-0.15, -0.1) is 0 Å². The molecule has 0 bridgehead atoms. The van der Waals surface area contributed by atoms with Crippen LogP contribution in [0.25, 0.3) is 0 Å². The average molecular weight is 413 g/mol. The maximum atomic E-state index is 12.1. The fourth-order valence-electron chi connectivity index (χ4n) is 2.82. The molecular weight excluding hydrogens is 390 g/mol. The van der Waals surface area contributed by atoms with Gasteiger partial charge in [-0.05, 0) is 48.9 Å². The first-order valence-corrected chi connectivity index (χ1v) is 9.57. The number of nitrogens with one attached hydrogen (secondary N) is 1. The molecule has 1 aliphatic rings. The normalized spacial score (nSPS) is 12.7. The number of rotatable bonds is 9. The van der Waals surface area contributed by atoms with Crippen LogP contribution in [0.4, 0.5) is 0 Å². The molecule has 0 radical (unpaired) electrons. The Balaban J connectivity index is 1.40. The average Bonchev–Trinajstić information content (AvgIpc) is 3.24.